The van der Waals surface area contributed by atoms with Crippen molar-refractivity contribution in [2.45, 2.75) is 31.3 Å². The summed E-state index contributed by atoms with van der Waals surface area (Å²) < 4.78 is 14.0. The number of nitrogens with zero attached hydrogens (tertiary/aromatic N) is 3. The Bertz CT molecular complexity index is 716. The number of fused-ring (bicyclic) bond motifs is 2. The van der Waals surface area contributed by atoms with Crippen LogP contribution in [0.3, 0.4) is 0 Å². The first-order valence-electron chi connectivity index (χ1n) is 6.67. The molecule has 0 fully saturated rings. The monoisotopic (exact) mass is 287 g/mol. The molecule has 1 aromatic carbocycles. The minimum atomic E-state index is -1.12. The minimum absolute atomic E-state index is 0.275. The average molecular weight is 287 g/mol. The van der Waals surface area contributed by atoms with Crippen LogP contribution in [0, 0.1) is 0 Å². The molecule has 0 aliphatic carbocycles. The average Bonchev–Trinajstić information content (AvgIpc) is 2.84. The summed E-state index contributed by atoms with van der Waals surface area (Å²) in [4.78, 5) is 0. The summed E-state index contributed by atoms with van der Waals surface area (Å²) in [7, 11) is -1.12. The third kappa shape index (κ3) is 1.85. The van der Waals surface area contributed by atoms with Gasteiger partial charge in [-0.25, -0.2) is 0 Å². The molecule has 1 aliphatic rings. The number of hydrogen-bond donors (Lipinski definition) is 0. The van der Waals surface area contributed by atoms with E-state index < -0.39 is 10.8 Å². The topological polar surface area (TPSA) is 47.8 Å². The Morgan fingerprint density at radius 1 is 1.25 bits per heavy atom. The van der Waals surface area contributed by atoms with E-state index >= 15 is 0 Å². The van der Waals surface area contributed by atoms with Gasteiger partial charge in [0.15, 0.2) is 0 Å². The lowest BCUT2D eigenvalue weighted by atomic mass is 9.81. The maximum absolute atomic E-state index is 12.1. The van der Waals surface area contributed by atoms with E-state index in [1.54, 1.807) is 0 Å². The molecule has 0 amide bonds. The van der Waals surface area contributed by atoms with Gasteiger partial charge in [0.25, 0.3) is 0 Å². The van der Waals surface area contributed by atoms with Crippen LogP contribution in [0.5, 0.6) is 0 Å². The third-order valence-electron chi connectivity index (χ3n) is 3.73. The molecular weight excluding hydrogens is 270 g/mol. The second-order valence-electron chi connectivity index (χ2n) is 5.34. The van der Waals surface area contributed by atoms with Gasteiger partial charge in [-0.1, -0.05) is 31.2 Å². The predicted octanol–water partition coefficient (Wildman–Crippen LogP) is 2.67. The predicted molar refractivity (Wildman–Crippen MR) is 80.8 cm³/mol. The molecule has 4 nitrogen and oxygen atoms in total. The van der Waals surface area contributed by atoms with Crippen LogP contribution in [0.4, 0.5) is 0 Å². The van der Waals surface area contributed by atoms with E-state index in [1.807, 2.05) is 35.9 Å². The van der Waals surface area contributed by atoms with E-state index in [2.05, 4.69) is 36.2 Å². The zero-order valence-electron chi connectivity index (χ0n) is 11.8. The van der Waals surface area contributed by atoms with E-state index in [1.165, 1.54) is 5.56 Å². The van der Waals surface area contributed by atoms with Crippen LogP contribution < -0.4 is 0 Å². The van der Waals surface area contributed by atoms with Crippen molar-refractivity contribution in [3.63, 3.8) is 0 Å². The van der Waals surface area contributed by atoms with Crippen molar-refractivity contribution >= 4 is 23.1 Å². The highest BCUT2D eigenvalue weighted by atomic mass is 32.2. The van der Waals surface area contributed by atoms with Crippen LogP contribution in [0.2, 0.25) is 0 Å². The van der Waals surface area contributed by atoms with Crippen LogP contribution in [-0.4, -0.2) is 24.7 Å². The Morgan fingerprint density at radius 2 is 2.00 bits per heavy atom. The lowest BCUT2D eigenvalue weighted by molar-refractivity contribution is 0.578. The van der Waals surface area contributed by atoms with Crippen molar-refractivity contribution < 1.29 is 4.21 Å². The van der Waals surface area contributed by atoms with Gasteiger partial charge in [-0.2, -0.15) is 0 Å². The summed E-state index contributed by atoms with van der Waals surface area (Å²) in [5.74, 6) is 1.37. The zero-order chi connectivity index (χ0) is 14.3. The first kappa shape index (κ1) is 13.2. The molecule has 20 heavy (non-hydrogen) atoms. The van der Waals surface area contributed by atoms with E-state index in [9.17, 15) is 4.21 Å². The first-order valence-corrected chi connectivity index (χ1v) is 7.99. The molecule has 0 saturated carbocycles. The summed E-state index contributed by atoms with van der Waals surface area (Å²) in [6.07, 6.45) is 3.96. The van der Waals surface area contributed by atoms with Crippen molar-refractivity contribution in [3.05, 3.63) is 41.2 Å². The van der Waals surface area contributed by atoms with Gasteiger partial charge in [-0.05, 0) is 31.1 Å². The number of benzene rings is 1. The van der Waals surface area contributed by atoms with Crippen molar-refractivity contribution in [2.75, 3.05) is 5.75 Å². The van der Waals surface area contributed by atoms with Crippen molar-refractivity contribution in [3.8, 4) is 0 Å². The van der Waals surface area contributed by atoms with Gasteiger partial charge in [0, 0.05) is 12.0 Å². The van der Waals surface area contributed by atoms with Crippen molar-refractivity contribution in [2.24, 2.45) is 0 Å². The number of aromatic nitrogens is 3. The summed E-state index contributed by atoms with van der Waals surface area (Å²) in [5, 5.41) is 8.97. The second-order valence-corrected chi connectivity index (χ2v) is 6.97. The second kappa shape index (κ2) is 4.66. The number of hydrogen-bond acceptors (Lipinski definition) is 3. The van der Waals surface area contributed by atoms with Crippen LogP contribution in [0.1, 0.15) is 37.7 Å². The maximum atomic E-state index is 12.1. The molecule has 0 saturated heterocycles. The third-order valence-corrected chi connectivity index (χ3v) is 4.94. The molecule has 1 atom stereocenters. The van der Waals surface area contributed by atoms with Gasteiger partial charge >= 0.3 is 0 Å². The van der Waals surface area contributed by atoms with Crippen LogP contribution in [0.15, 0.2) is 29.4 Å². The standard InChI is InChI=1S/C15H17N3OS/c1-4-20(19)14-17-16-13-15(2,3)12-8-6-5-7-11(12)9-10-18(13)14/h5-10H,4H2,1-3H3. The molecule has 0 radical (unpaired) electrons. The normalized spacial score (nSPS) is 17.1. The Balaban J connectivity index is 2.26. The van der Waals surface area contributed by atoms with Gasteiger partial charge in [0.05, 0.1) is 16.2 Å². The van der Waals surface area contributed by atoms with Gasteiger partial charge in [0.1, 0.15) is 5.82 Å². The Labute approximate surface area is 121 Å². The van der Waals surface area contributed by atoms with Crippen LogP contribution in [0.25, 0.3) is 12.3 Å². The van der Waals surface area contributed by atoms with Gasteiger partial charge in [-0.3, -0.25) is 8.78 Å². The van der Waals surface area contributed by atoms with Crippen LogP contribution in [-0.2, 0) is 16.2 Å². The van der Waals surface area contributed by atoms with Crippen molar-refractivity contribution in [1.82, 2.24) is 14.8 Å². The summed E-state index contributed by atoms with van der Waals surface area (Å²) in [6, 6.07) is 8.26. The Kier molecular flexibility index (Phi) is 3.09. The fraction of sp³-hybridized carbons (Fsp3) is 0.333. The van der Waals surface area contributed by atoms with Gasteiger partial charge in [0.2, 0.25) is 5.16 Å². The molecule has 104 valence electrons. The van der Waals surface area contributed by atoms with Crippen molar-refractivity contribution in [1.29, 1.82) is 0 Å². The Morgan fingerprint density at radius 3 is 2.75 bits per heavy atom. The summed E-state index contributed by atoms with van der Waals surface area (Å²) >= 11 is 0. The molecule has 1 aromatic heterocycles. The molecule has 0 bridgehead atoms. The first-order chi connectivity index (χ1) is 9.55. The zero-order valence-corrected chi connectivity index (χ0v) is 12.6. The molecule has 1 unspecified atom stereocenters. The smallest absolute Gasteiger partial charge is 0.225 e. The van der Waals surface area contributed by atoms with Gasteiger partial charge < -0.3 is 0 Å². The van der Waals surface area contributed by atoms with E-state index in [0.717, 1.165) is 11.4 Å². The summed E-state index contributed by atoms with van der Waals surface area (Å²) in [6.45, 7) is 6.13. The van der Waals surface area contributed by atoms with E-state index in [4.69, 9.17) is 0 Å². The SMILES string of the molecule is CCS(=O)c1nnc2n1C=Cc1ccccc1C2(C)C. The lowest BCUT2D eigenvalue weighted by Crippen LogP contribution is -2.23. The Hall–Kier alpha value is -1.75. The molecular formula is C15H17N3OS. The van der Waals surface area contributed by atoms with Crippen LogP contribution >= 0.6 is 0 Å². The van der Waals surface area contributed by atoms with E-state index in [0.29, 0.717) is 10.9 Å². The van der Waals surface area contributed by atoms with E-state index in [-0.39, 0.29) is 5.41 Å². The molecule has 2 heterocycles. The fourth-order valence-electron chi connectivity index (χ4n) is 2.61. The highest BCUT2D eigenvalue weighted by molar-refractivity contribution is 7.84. The molecule has 3 rings (SSSR count). The largest absolute Gasteiger partial charge is 0.278 e. The maximum Gasteiger partial charge on any atom is 0.225 e. The number of rotatable bonds is 2. The minimum Gasteiger partial charge on any atom is -0.278 e. The molecule has 0 N–H and O–H groups in total. The molecule has 1 aliphatic heterocycles. The molecule has 2 aromatic rings. The highest BCUT2D eigenvalue weighted by Crippen LogP contribution is 2.36. The molecule has 0 spiro atoms. The summed E-state index contributed by atoms with van der Waals surface area (Å²) in [5.41, 5.74) is 2.09. The fourth-order valence-corrected chi connectivity index (χ4v) is 3.37. The molecule has 5 heteroatoms. The highest BCUT2D eigenvalue weighted by Gasteiger charge is 2.33. The van der Waals surface area contributed by atoms with Gasteiger partial charge in [-0.15, -0.1) is 10.2 Å². The lowest BCUT2D eigenvalue weighted by Gasteiger charge is -2.24. The quantitative estimate of drug-likeness (QED) is 0.853.